The molecule has 1 heterocycles. The molecule has 3 heteroatoms. The first-order valence-electron chi connectivity index (χ1n) is 5.17. The number of aromatic nitrogens is 1. The van der Waals surface area contributed by atoms with Crippen molar-refractivity contribution in [2.45, 2.75) is 37.7 Å². The molecule has 2 rings (SSSR count). The zero-order valence-electron chi connectivity index (χ0n) is 8.19. The predicted octanol–water partition coefficient (Wildman–Crippen LogP) is 1.68. The second-order valence-electron chi connectivity index (χ2n) is 3.97. The molecule has 0 aromatic carbocycles. The SMILES string of the molecule is Nc1cc(C2CCCCC2O)ccn1. The Labute approximate surface area is 84.0 Å². The monoisotopic (exact) mass is 192 g/mol. The smallest absolute Gasteiger partial charge is 0.123 e. The van der Waals surface area contributed by atoms with Gasteiger partial charge in [0.25, 0.3) is 0 Å². The third-order valence-electron chi connectivity index (χ3n) is 2.96. The molecule has 0 amide bonds. The van der Waals surface area contributed by atoms with Crippen molar-refractivity contribution in [2.75, 3.05) is 5.73 Å². The normalized spacial score (nSPS) is 27.5. The van der Waals surface area contributed by atoms with Gasteiger partial charge in [0.15, 0.2) is 0 Å². The molecule has 0 radical (unpaired) electrons. The summed E-state index contributed by atoms with van der Waals surface area (Å²) in [6.07, 6.45) is 5.82. The van der Waals surface area contributed by atoms with E-state index in [2.05, 4.69) is 4.98 Å². The van der Waals surface area contributed by atoms with Crippen molar-refractivity contribution in [1.29, 1.82) is 0 Å². The summed E-state index contributed by atoms with van der Waals surface area (Å²) >= 11 is 0. The Morgan fingerprint density at radius 1 is 1.36 bits per heavy atom. The quantitative estimate of drug-likeness (QED) is 0.711. The van der Waals surface area contributed by atoms with Crippen LogP contribution < -0.4 is 5.73 Å². The number of hydrogen-bond acceptors (Lipinski definition) is 3. The van der Waals surface area contributed by atoms with Crippen molar-refractivity contribution >= 4 is 5.82 Å². The number of anilines is 1. The van der Waals surface area contributed by atoms with Crippen LogP contribution in [0.15, 0.2) is 18.3 Å². The Kier molecular flexibility index (Phi) is 2.68. The molecule has 3 N–H and O–H groups in total. The number of nitrogens with zero attached hydrogens (tertiary/aromatic N) is 1. The lowest BCUT2D eigenvalue weighted by Crippen LogP contribution is -2.22. The summed E-state index contributed by atoms with van der Waals surface area (Å²) in [5.74, 6) is 0.800. The number of nitrogens with two attached hydrogens (primary N) is 1. The fourth-order valence-corrected chi connectivity index (χ4v) is 2.20. The van der Waals surface area contributed by atoms with Gasteiger partial charge in [-0.05, 0) is 30.5 Å². The molecule has 0 saturated heterocycles. The lowest BCUT2D eigenvalue weighted by molar-refractivity contribution is 0.106. The van der Waals surface area contributed by atoms with Crippen molar-refractivity contribution < 1.29 is 5.11 Å². The summed E-state index contributed by atoms with van der Waals surface area (Å²) in [5, 5.41) is 9.85. The maximum absolute atomic E-state index is 9.85. The van der Waals surface area contributed by atoms with E-state index in [1.165, 1.54) is 6.42 Å². The van der Waals surface area contributed by atoms with E-state index < -0.39 is 0 Å². The summed E-state index contributed by atoms with van der Waals surface area (Å²) in [4.78, 5) is 3.96. The highest BCUT2D eigenvalue weighted by atomic mass is 16.3. The first kappa shape index (κ1) is 9.46. The van der Waals surface area contributed by atoms with Crippen molar-refractivity contribution in [2.24, 2.45) is 0 Å². The van der Waals surface area contributed by atoms with E-state index in [4.69, 9.17) is 5.73 Å². The molecule has 1 aromatic rings. The van der Waals surface area contributed by atoms with Gasteiger partial charge < -0.3 is 10.8 Å². The molecule has 1 aliphatic carbocycles. The molecule has 2 atom stereocenters. The van der Waals surface area contributed by atoms with Gasteiger partial charge in [-0.2, -0.15) is 0 Å². The molecule has 76 valence electrons. The van der Waals surface area contributed by atoms with Gasteiger partial charge in [-0.15, -0.1) is 0 Å². The maximum Gasteiger partial charge on any atom is 0.123 e. The fourth-order valence-electron chi connectivity index (χ4n) is 2.20. The maximum atomic E-state index is 9.85. The number of nitrogen functional groups attached to an aromatic ring is 1. The van der Waals surface area contributed by atoms with Crippen LogP contribution in [0, 0.1) is 0 Å². The standard InChI is InChI=1S/C11H16N2O/c12-11-7-8(5-6-13-11)9-3-1-2-4-10(9)14/h5-7,9-10,14H,1-4H2,(H2,12,13). The van der Waals surface area contributed by atoms with Crippen molar-refractivity contribution in [3.05, 3.63) is 23.9 Å². The van der Waals surface area contributed by atoms with E-state index in [1.807, 2.05) is 12.1 Å². The lowest BCUT2D eigenvalue weighted by atomic mass is 9.82. The van der Waals surface area contributed by atoms with Gasteiger partial charge in [-0.25, -0.2) is 4.98 Å². The van der Waals surface area contributed by atoms with E-state index in [-0.39, 0.29) is 12.0 Å². The number of rotatable bonds is 1. The van der Waals surface area contributed by atoms with Gasteiger partial charge in [0.1, 0.15) is 5.82 Å². The molecule has 1 saturated carbocycles. The molecule has 1 aliphatic rings. The van der Waals surface area contributed by atoms with Gasteiger partial charge in [-0.1, -0.05) is 12.8 Å². The molecule has 0 aliphatic heterocycles. The third kappa shape index (κ3) is 1.87. The Hall–Kier alpha value is -1.09. The largest absolute Gasteiger partial charge is 0.392 e. The van der Waals surface area contributed by atoms with E-state index in [1.54, 1.807) is 6.20 Å². The van der Waals surface area contributed by atoms with Crippen molar-refractivity contribution in [3.8, 4) is 0 Å². The Balaban J connectivity index is 2.20. The predicted molar refractivity (Wildman–Crippen MR) is 55.9 cm³/mol. The zero-order chi connectivity index (χ0) is 9.97. The minimum atomic E-state index is -0.203. The Bertz CT molecular complexity index is 314. The lowest BCUT2D eigenvalue weighted by Gasteiger charge is -2.27. The van der Waals surface area contributed by atoms with Crippen LogP contribution in [0.5, 0.6) is 0 Å². The summed E-state index contributed by atoms with van der Waals surface area (Å²) in [6, 6.07) is 3.83. The van der Waals surface area contributed by atoms with Crippen LogP contribution in [0.2, 0.25) is 0 Å². The zero-order valence-corrected chi connectivity index (χ0v) is 8.19. The average molecular weight is 192 g/mol. The van der Waals surface area contributed by atoms with Crippen LogP contribution in [0.3, 0.4) is 0 Å². The molecule has 1 aromatic heterocycles. The highest BCUT2D eigenvalue weighted by Crippen LogP contribution is 2.33. The van der Waals surface area contributed by atoms with E-state index in [0.29, 0.717) is 5.82 Å². The molecular weight excluding hydrogens is 176 g/mol. The third-order valence-corrected chi connectivity index (χ3v) is 2.96. The molecule has 3 nitrogen and oxygen atoms in total. The Morgan fingerprint density at radius 3 is 2.86 bits per heavy atom. The summed E-state index contributed by atoms with van der Waals surface area (Å²) in [6.45, 7) is 0. The van der Waals surface area contributed by atoms with Gasteiger partial charge in [0.05, 0.1) is 6.10 Å². The molecule has 1 fully saturated rings. The second kappa shape index (κ2) is 3.96. The molecule has 14 heavy (non-hydrogen) atoms. The molecule has 2 unspecified atom stereocenters. The van der Waals surface area contributed by atoms with E-state index in [9.17, 15) is 5.11 Å². The molecule has 0 spiro atoms. The van der Waals surface area contributed by atoms with Crippen molar-refractivity contribution in [1.82, 2.24) is 4.98 Å². The summed E-state index contributed by atoms with van der Waals surface area (Å²) in [5.41, 5.74) is 6.75. The highest BCUT2D eigenvalue weighted by Gasteiger charge is 2.24. The van der Waals surface area contributed by atoms with Gasteiger partial charge in [-0.3, -0.25) is 0 Å². The van der Waals surface area contributed by atoms with Crippen molar-refractivity contribution in [3.63, 3.8) is 0 Å². The van der Waals surface area contributed by atoms with Gasteiger partial charge >= 0.3 is 0 Å². The number of pyridine rings is 1. The number of aliphatic hydroxyl groups excluding tert-OH is 1. The topological polar surface area (TPSA) is 59.1 Å². The van der Waals surface area contributed by atoms with E-state index in [0.717, 1.165) is 24.8 Å². The average Bonchev–Trinajstić information content (AvgIpc) is 2.18. The van der Waals surface area contributed by atoms with Crippen LogP contribution in [0.1, 0.15) is 37.2 Å². The summed E-state index contributed by atoms with van der Waals surface area (Å²) < 4.78 is 0. The van der Waals surface area contributed by atoms with Crippen LogP contribution >= 0.6 is 0 Å². The minimum Gasteiger partial charge on any atom is -0.392 e. The fraction of sp³-hybridized carbons (Fsp3) is 0.545. The number of aliphatic hydroxyl groups is 1. The minimum absolute atomic E-state index is 0.203. The van der Waals surface area contributed by atoms with Crippen LogP contribution in [-0.4, -0.2) is 16.2 Å². The molecular formula is C11H16N2O. The second-order valence-corrected chi connectivity index (χ2v) is 3.97. The Morgan fingerprint density at radius 2 is 2.14 bits per heavy atom. The summed E-state index contributed by atoms with van der Waals surface area (Å²) in [7, 11) is 0. The van der Waals surface area contributed by atoms with Gasteiger partial charge in [0.2, 0.25) is 0 Å². The first-order valence-corrected chi connectivity index (χ1v) is 5.17. The van der Waals surface area contributed by atoms with E-state index >= 15 is 0 Å². The number of hydrogen-bond donors (Lipinski definition) is 2. The van der Waals surface area contributed by atoms with Crippen LogP contribution in [0.25, 0.3) is 0 Å². The molecule has 0 bridgehead atoms. The highest BCUT2D eigenvalue weighted by molar-refractivity contribution is 5.34. The van der Waals surface area contributed by atoms with Crippen LogP contribution in [-0.2, 0) is 0 Å². The van der Waals surface area contributed by atoms with Crippen LogP contribution in [0.4, 0.5) is 5.82 Å². The van der Waals surface area contributed by atoms with Gasteiger partial charge in [0, 0.05) is 12.1 Å². The first-order chi connectivity index (χ1) is 6.77.